The molecule has 0 aliphatic heterocycles. The number of nitrogens with zero attached hydrogens (tertiary/aromatic N) is 1. The molecule has 0 radical (unpaired) electrons. The summed E-state index contributed by atoms with van der Waals surface area (Å²) in [7, 11) is 1.58. The van der Waals surface area contributed by atoms with Gasteiger partial charge in [0.15, 0.2) is 5.96 Å². The highest BCUT2D eigenvalue weighted by molar-refractivity contribution is 7.09. The van der Waals surface area contributed by atoms with E-state index >= 15 is 0 Å². The maximum Gasteiger partial charge on any atom is 0.193 e. The van der Waals surface area contributed by atoms with Crippen LogP contribution < -0.4 is 15.8 Å². The number of nitrogens with one attached hydrogen (secondary N) is 1. The molecule has 106 valence electrons. The van der Waals surface area contributed by atoms with Crippen LogP contribution in [-0.4, -0.2) is 19.6 Å². The van der Waals surface area contributed by atoms with Gasteiger partial charge in [-0.2, -0.15) is 0 Å². The monoisotopic (exact) mass is 309 g/mol. The fourth-order valence-corrected chi connectivity index (χ4v) is 2.63. The van der Waals surface area contributed by atoms with Gasteiger partial charge in [-0.05, 0) is 29.6 Å². The number of benzene rings is 1. The second-order valence-electron chi connectivity index (χ2n) is 4.07. The van der Waals surface area contributed by atoms with E-state index < -0.39 is 0 Å². The van der Waals surface area contributed by atoms with E-state index in [0.29, 0.717) is 23.3 Å². The van der Waals surface area contributed by atoms with E-state index in [0.717, 1.165) is 12.1 Å². The van der Waals surface area contributed by atoms with Crippen molar-refractivity contribution >= 4 is 34.6 Å². The molecule has 1 heterocycles. The zero-order chi connectivity index (χ0) is 14.4. The van der Waals surface area contributed by atoms with E-state index in [-0.39, 0.29) is 0 Å². The molecule has 0 atom stereocenters. The quantitative estimate of drug-likeness (QED) is 0.657. The Kier molecular flexibility index (Phi) is 5.26. The van der Waals surface area contributed by atoms with Crippen molar-refractivity contribution in [2.24, 2.45) is 10.7 Å². The number of thiophene rings is 1. The van der Waals surface area contributed by atoms with Crippen LogP contribution in [0.3, 0.4) is 0 Å². The van der Waals surface area contributed by atoms with Crippen LogP contribution in [0.15, 0.2) is 40.7 Å². The van der Waals surface area contributed by atoms with Gasteiger partial charge in [0.2, 0.25) is 0 Å². The molecule has 0 saturated heterocycles. The van der Waals surface area contributed by atoms with Gasteiger partial charge in [0.05, 0.1) is 12.1 Å². The molecule has 20 heavy (non-hydrogen) atoms. The summed E-state index contributed by atoms with van der Waals surface area (Å²) in [6.07, 6.45) is 0.892. The SMILES string of the molecule is COc1ccc(NC(N)=NCCc2cccs2)cc1Cl. The summed E-state index contributed by atoms with van der Waals surface area (Å²) >= 11 is 7.76. The number of hydrogen-bond donors (Lipinski definition) is 2. The van der Waals surface area contributed by atoms with Crippen LogP contribution in [0.1, 0.15) is 4.88 Å². The smallest absolute Gasteiger partial charge is 0.193 e. The van der Waals surface area contributed by atoms with Gasteiger partial charge in [0.25, 0.3) is 0 Å². The molecule has 4 nitrogen and oxygen atoms in total. The summed E-state index contributed by atoms with van der Waals surface area (Å²) in [5.41, 5.74) is 6.62. The molecule has 0 saturated carbocycles. The zero-order valence-electron chi connectivity index (χ0n) is 11.1. The summed E-state index contributed by atoms with van der Waals surface area (Å²) in [5, 5.41) is 5.59. The second kappa shape index (κ2) is 7.17. The number of ether oxygens (including phenoxy) is 1. The topological polar surface area (TPSA) is 59.6 Å². The predicted octanol–water partition coefficient (Wildman–Crippen LogP) is 3.38. The maximum absolute atomic E-state index is 6.04. The van der Waals surface area contributed by atoms with Gasteiger partial charge in [0.1, 0.15) is 5.75 Å². The Balaban J connectivity index is 1.90. The molecule has 0 unspecified atom stereocenters. The highest BCUT2D eigenvalue weighted by Gasteiger charge is 2.02. The number of rotatable bonds is 5. The fourth-order valence-electron chi connectivity index (χ4n) is 1.67. The first-order valence-corrected chi connectivity index (χ1v) is 7.37. The van der Waals surface area contributed by atoms with Gasteiger partial charge in [-0.25, -0.2) is 0 Å². The van der Waals surface area contributed by atoms with Crippen LogP contribution in [0, 0.1) is 0 Å². The van der Waals surface area contributed by atoms with E-state index in [1.807, 2.05) is 12.1 Å². The standard InChI is InChI=1S/C14H16ClN3OS/c1-19-13-5-4-10(9-12(13)15)18-14(16)17-7-6-11-3-2-8-20-11/h2-5,8-9H,6-7H2,1H3,(H3,16,17,18). The lowest BCUT2D eigenvalue weighted by Gasteiger charge is -2.08. The normalized spacial score (nSPS) is 11.4. The Labute approximate surface area is 127 Å². The van der Waals surface area contributed by atoms with Gasteiger partial charge in [0, 0.05) is 23.5 Å². The first-order valence-electron chi connectivity index (χ1n) is 6.12. The molecule has 2 rings (SSSR count). The second-order valence-corrected chi connectivity index (χ2v) is 5.51. The molecule has 6 heteroatoms. The summed E-state index contributed by atoms with van der Waals surface area (Å²) in [4.78, 5) is 5.58. The van der Waals surface area contributed by atoms with Crippen molar-refractivity contribution in [3.05, 3.63) is 45.6 Å². The molecule has 0 spiro atoms. The van der Waals surface area contributed by atoms with Crippen molar-refractivity contribution < 1.29 is 4.74 Å². The number of methoxy groups -OCH3 is 1. The molecular weight excluding hydrogens is 294 g/mol. The Hall–Kier alpha value is -1.72. The van der Waals surface area contributed by atoms with Crippen molar-refractivity contribution in [2.45, 2.75) is 6.42 Å². The van der Waals surface area contributed by atoms with E-state index in [2.05, 4.69) is 21.8 Å². The van der Waals surface area contributed by atoms with Gasteiger partial charge in [-0.3, -0.25) is 4.99 Å². The molecule has 3 N–H and O–H groups in total. The molecule has 1 aromatic heterocycles. The molecule has 1 aromatic carbocycles. The summed E-state index contributed by atoms with van der Waals surface area (Å²) in [6, 6.07) is 9.50. The highest BCUT2D eigenvalue weighted by Crippen LogP contribution is 2.26. The van der Waals surface area contributed by atoms with Crippen molar-refractivity contribution in [3.63, 3.8) is 0 Å². The van der Waals surface area contributed by atoms with Crippen LogP contribution in [0.4, 0.5) is 5.69 Å². The third kappa shape index (κ3) is 4.15. The molecule has 2 aromatic rings. The predicted molar refractivity (Wildman–Crippen MR) is 86.1 cm³/mol. The molecular formula is C14H16ClN3OS. The van der Waals surface area contributed by atoms with Gasteiger partial charge < -0.3 is 15.8 Å². The lowest BCUT2D eigenvalue weighted by molar-refractivity contribution is 0.415. The fraction of sp³-hybridized carbons (Fsp3) is 0.214. The van der Waals surface area contributed by atoms with E-state index in [9.17, 15) is 0 Å². The summed E-state index contributed by atoms with van der Waals surface area (Å²) in [6.45, 7) is 0.656. The van der Waals surface area contributed by atoms with Crippen molar-refractivity contribution in [2.75, 3.05) is 19.0 Å². The Morgan fingerprint density at radius 3 is 2.95 bits per heavy atom. The number of anilines is 1. The number of aliphatic imine (C=N–C) groups is 1. The van der Waals surface area contributed by atoms with Crippen LogP contribution >= 0.6 is 22.9 Å². The Bertz CT molecular complexity index is 584. The number of halogens is 1. The minimum absolute atomic E-state index is 0.378. The van der Waals surface area contributed by atoms with E-state index in [1.165, 1.54) is 4.88 Å². The Morgan fingerprint density at radius 2 is 2.30 bits per heavy atom. The number of guanidine groups is 1. The van der Waals surface area contributed by atoms with Crippen molar-refractivity contribution in [3.8, 4) is 5.75 Å². The van der Waals surface area contributed by atoms with Crippen LogP contribution in [0.2, 0.25) is 5.02 Å². The summed E-state index contributed by atoms with van der Waals surface area (Å²) in [5.74, 6) is 1.01. The average Bonchev–Trinajstić information content (AvgIpc) is 2.92. The largest absolute Gasteiger partial charge is 0.495 e. The van der Waals surface area contributed by atoms with Gasteiger partial charge >= 0.3 is 0 Å². The third-order valence-electron chi connectivity index (χ3n) is 2.64. The first kappa shape index (κ1) is 14.7. The van der Waals surface area contributed by atoms with Crippen molar-refractivity contribution in [1.29, 1.82) is 0 Å². The number of hydrogen-bond acceptors (Lipinski definition) is 3. The minimum atomic E-state index is 0.378. The molecule has 0 aliphatic rings. The van der Waals surface area contributed by atoms with E-state index in [1.54, 1.807) is 30.6 Å². The van der Waals surface area contributed by atoms with Crippen LogP contribution in [0.25, 0.3) is 0 Å². The first-order chi connectivity index (χ1) is 9.69. The number of nitrogens with two attached hydrogens (primary N) is 1. The van der Waals surface area contributed by atoms with Crippen LogP contribution in [-0.2, 0) is 6.42 Å². The lowest BCUT2D eigenvalue weighted by atomic mass is 10.3. The maximum atomic E-state index is 6.04. The molecule has 0 bridgehead atoms. The van der Waals surface area contributed by atoms with Crippen molar-refractivity contribution in [1.82, 2.24) is 0 Å². The minimum Gasteiger partial charge on any atom is -0.495 e. The third-order valence-corrected chi connectivity index (χ3v) is 3.88. The van der Waals surface area contributed by atoms with Gasteiger partial charge in [-0.1, -0.05) is 17.7 Å². The van der Waals surface area contributed by atoms with Crippen LogP contribution in [0.5, 0.6) is 5.75 Å². The lowest BCUT2D eigenvalue weighted by Crippen LogP contribution is -2.23. The van der Waals surface area contributed by atoms with E-state index in [4.69, 9.17) is 22.1 Å². The van der Waals surface area contributed by atoms with Gasteiger partial charge in [-0.15, -0.1) is 11.3 Å². The zero-order valence-corrected chi connectivity index (χ0v) is 12.7. The molecule has 0 aliphatic carbocycles. The molecule has 0 fully saturated rings. The highest BCUT2D eigenvalue weighted by atomic mass is 35.5. The average molecular weight is 310 g/mol. The Morgan fingerprint density at radius 1 is 1.45 bits per heavy atom. The molecule has 0 amide bonds. The summed E-state index contributed by atoms with van der Waals surface area (Å²) < 4.78 is 5.09.